The molecule has 2 aromatic heterocycles. The van der Waals surface area contributed by atoms with Crippen molar-refractivity contribution in [3.8, 4) is 22.0 Å². The van der Waals surface area contributed by atoms with Gasteiger partial charge in [0.1, 0.15) is 6.54 Å². The minimum Gasteiger partial charge on any atom is -0.333 e. The van der Waals surface area contributed by atoms with E-state index in [1.807, 2.05) is 48.1 Å². The van der Waals surface area contributed by atoms with E-state index in [-0.39, 0.29) is 6.54 Å². The summed E-state index contributed by atoms with van der Waals surface area (Å²) < 4.78 is 1.88. The maximum Gasteiger partial charge on any atom is 0.262 e. The van der Waals surface area contributed by atoms with Crippen molar-refractivity contribution in [1.82, 2.24) is 19.4 Å². The van der Waals surface area contributed by atoms with Gasteiger partial charge >= 0.3 is 0 Å². The number of aryl methyl sites for hydroxylation is 1. The fraction of sp³-hybridized carbons (Fsp3) is 0.0870. The van der Waals surface area contributed by atoms with Crippen LogP contribution in [0.25, 0.3) is 22.0 Å². The zero-order valence-corrected chi connectivity index (χ0v) is 17.8. The molecular weight excluding hydrogens is 426 g/mol. The number of imidazole rings is 1. The molecule has 0 fully saturated rings. The number of imide groups is 1. The first-order chi connectivity index (χ1) is 15.5. The zero-order valence-electron chi connectivity index (χ0n) is 17.0. The summed E-state index contributed by atoms with van der Waals surface area (Å²) in [6.45, 7) is -0.385. The number of aromatic nitrogens is 3. The average Bonchev–Trinajstić information content (AvgIpc) is 3.48. The van der Waals surface area contributed by atoms with Crippen LogP contribution in [0.4, 0.5) is 5.13 Å². The summed E-state index contributed by atoms with van der Waals surface area (Å²) in [6.07, 6.45) is 3.54. The molecular formula is C23H17N5O3S. The van der Waals surface area contributed by atoms with Crippen molar-refractivity contribution >= 4 is 34.2 Å². The van der Waals surface area contributed by atoms with Gasteiger partial charge in [0.25, 0.3) is 11.8 Å². The minimum atomic E-state index is -0.501. The zero-order chi connectivity index (χ0) is 22.2. The molecule has 32 heavy (non-hydrogen) atoms. The van der Waals surface area contributed by atoms with Crippen LogP contribution < -0.4 is 5.32 Å². The summed E-state index contributed by atoms with van der Waals surface area (Å²) in [4.78, 5) is 48.6. The molecule has 8 nitrogen and oxygen atoms in total. The van der Waals surface area contributed by atoms with E-state index in [0.29, 0.717) is 22.0 Å². The molecule has 4 aromatic rings. The lowest BCUT2D eigenvalue weighted by Gasteiger charge is -2.12. The summed E-state index contributed by atoms with van der Waals surface area (Å²) in [5.74, 6) is -0.724. The second-order valence-electron chi connectivity index (χ2n) is 7.21. The number of rotatable bonds is 5. The standard InChI is InChI=1S/C23H17N5O3S/c1-27-12-11-24-20(27)19-18(14-7-3-2-4-8-14)26-23(32-19)25-17(29)13-28-21(30)15-9-5-6-10-16(15)22(28)31/h2-12H,13H2,1H3,(H,25,26,29). The predicted molar refractivity (Wildman–Crippen MR) is 120 cm³/mol. The molecule has 5 rings (SSSR count). The van der Waals surface area contributed by atoms with Crippen LogP contribution >= 0.6 is 11.3 Å². The number of amides is 3. The van der Waals surface area contributed by atoms with Gasteiger partial charge in [-0.25, -0.2) is 9.97 Å². The molecule has 1 aliphatic heterocycles. The third kappa shape index (κ3) is 3.38. The van der Waals surface area contributed by atoms with Crippen molar-refractivity contribution in [2.45, 2.75) is 0 Å². The lowest BCUT2D eigenvalue weighted by Crippen LogP contribution is -2.37. The van der Waals surface area contributed by atoms with Crippen molar-refractivity contribution in [2.75, 3.05) is 11.9 Å². The van der Waals surface area contributed by atoms with Crippen LogP contribution in [-0.4, -0.2) is 43.7 Å². The van der Waals surface area contributed by atoms with Crippen LogP contribution in [0.2, 0.25) is 0 Å². The Bertz CT molecular complexity index is 1320. The number of benzene rings is 2. The lowest BCUT2D eigenvalue weighted by atomic mass is 10.1. The van der Waals surface area contributed by atoms with Gasteiger partial charge in [-0.3, -0.25) is 19.3 Å². The molecule has 9 heteroatoms. The van der Waals surface area contributed by atoms with Gasteiger partial charge in [-0.15, -0.1) is 0 Å². The van der Waals surface area contributed by atoms with Gasteiger partial charge in [0.2, 0.25) is 5.91 Å². The number of hydrogen-bond donors (Lipinski definition) is 1. The Morgan fingerprint density at radius 1 is 1.00 bits per heavy atom. The maximum atomic E-state index is 12.7. The van der Waals surface area contributed by atoms with E-state index >= 15 is 0 Å². The number of nitrogens with one attached hydrogen (secondary N) is 1. The summed E-state index contributed by atoms with van der Waals surface area (Å²) in [7, 11) is 1.89. The van der Waals surface area contributed by atoms with Gasteiger partial charge in [-0.2, -0.15) is 0 Å². The summed E-state index contributed by atoms with van der Waals surface area (Å²) in [6, 6.07) is 16.2. The SMILES string of the molecule is Cn1ccnc1-c1sc(NC(=O)CN2C(=O)c3ccccc3C2=O)nc1-c1ccccc1. The highest BCUT2D eigenvalue weighted by Gasteiger charge is 2.36. The molecule has 0 aliphatic carbocycles. The van der Waals surface area contributed by atoms with E-state index in [9.17, 15) is 14.4 Å². The average molecular weight is 443 g/mol. The normalized spacial score (nSPS) is 12.8. The number of thiazole rings is 1. The minimum absolute atomic E-state index is 0.308. The smallest absolute Gasteiger partial charge is 0.262 e. The van der Waals surface area contributed by atoms with Crippen LogP contribution in [0, 0.1) is 0 Å². The van der Waals surface area contributed by atoms with Gasteiger partial charge < -0.3 is 9.88 Å². The second-order valence-corrected chi connectivity index (χ2v) is 8.21. The highest BCUT2D eigenvalue weighted by Crippen LogP contribution is 2.38. The maximum absolute atomic E-state index is 12.7. The molecule has 0 saturated heterocycles. The first kappa shape index (κ1) is 19.8. The molecule has 1 aliphatic rings. The van der Waals surface area contributed by atoms with E-state index in [2.05, 4.69) is 15.3 Å². The fourth-order valence-electron chi connectivity index (χ4n) is 3.59. The fourth-order valence-corrected chi connectivity index (χ4v) is 4.63. The van der Waals surface area contributed by atoms with Crippen molar-refractivity contribution < 1.29 is 14.4 Å². The number of carbonyl (C=O) groups excluding carboxylic acids is 3. The Balaban J connectivity index is 1.41. The quantitative estimate of drug-likeness (QED) is 0.477. The number of hydrogen-bond acceptors (Lipinski definition) is 6. The van der Waals surface area contributed by atoms with Crippen LogP contribution in [0.1, 0.15) is 20.7 Å². The molecule has 2 aromatic carbocycles. The third-order valence-electron chi connectivity index (χ3n) is 5.12. The van der Waals surface area contributed by atoms with Crippen molar-refractivity contribution in [3.63, 3.8) is 0 Å². The molecule has 0 spiro atoms. The number of nitrogens with zero attached hydrogens (tertiary/aromatic N) is 4. The van der Waals surface area contributed by atoms with Crippen molar-refractivity contribution in [2.24, 2.45) is 7.05 Å². The molecule has 0 saturated carbocycles. The van der Waals surface area contributed by atoms with E-state index in [0.717, 1.165) is 21.2 Å². The molecule has 3 amide bonds. The molecule has 158 valence electrons. The highest BCUT2D eigenvalue weighted by molar-refractivity contribution is 7.19. The van der Waals surface area contributed by atoms with Crippen LogP contribution in [-0.2, 0) is 11.8 Å². The van der Waals surface area contributed by atoms with Crippen molar-refractivity contribution in [1.29, 1.82) is 0 Å². The van der Waals surface area contributed by atoms with Crippen LogP contribution in [0.15, 0.2) is 67.0 Å². The van der Waals surface area contributed by atoms with Gasteiger partial charge in [0, 0.05) is 25.0 Å². The molecule has 0 unspecified atom stereocenters. The monoisotopic (exact) mass is 443 g/mol. The Morgan fingerprint density at radius 2 is 1.66 bits per heavy atom. The highest BCUT2D eigenvalue weighted by atomic mass is 32.1. The van der Waals surface area contributed by atoms with Gasteiger partial charge in [0.15, 0.2) is 11.0 Å². The molecule has 0 atom stereocenters. The van der Waals surface area contributed by atoms with Crippen molar-refractivity contribution in [3.05, 3.63) is 78.1 Å². The summed E-state index contributed by atoms with van der Waals surface area (Å²) >= 11 is 1.29. The Labute approximate surface area is 187 Å². The van der Waals surface area contributed by atoms with E-state index < -0.39 is 17.7 Å². The van der Waals surface area contributed by atoms with E-state index in [1.165, 1.54) is 11.3 Å². The van der Waals surface area contributed by atoms with Gasteiger partial charge in [-0.1, -0.05) is 53.8 Å². The number of anilines is 1. The van der Waals surface area contributed by atoms with Gasteiger partial charge in [0.05, 0.1) is 21.7 Å². The van der Waals surface area contributed by atoms with E-state index in [4.69, 9.17) is 0 Å². The summed E-state index contributed by atoms with van der Waals surface area (Å²) in [5, 5.41) is 3.10. The van der Waals surface area contributed by atoms with Crippen LogP contribution in [0.3, 0.4) is 0 Å². The Kier molecular flexibility index (Phi) is 4.87. The summed E-state index contributed by atoms with van der Waals surface area (Å²) in [5.41, 5.74) is 2.20. The molecule has 0 radical (unpaired) electrons. The lowest BCUT2D eigenvalue weighted by molar-refractivity contribution is -0.116. The van der Waals surface area contributed by atoms with E-state index in [1.54, 1.807) is 30.5 Å². The predicted octanol–water partition coefficient (Wildman–Crippen LogP) is 3.45. The Morgan fingerprint density at radius 3 is 2.28 bits per heavy atom. The second kappa shape index (κ2) is 7.86. The first-order valence-electron chi connectivity index (χ1n) is 9.82. The largest absolute Gasteiger partial charge is 0.333 e. The number of carbonyl (C=O) groups is 3. The van der Waals surface area contributed by atoms with Crippen LogP contribution in [0.5, 0.6) is 0 Å². The van der Waals surface area contributed by atoms with Gasteiger partial charge in [-0.05, 0) is 12.1 Å². The Hall–Kier alpha value is -4.11. The molecule has 1 N–H and O–H groups in total. The first-order valence-corrected chi connectivity index (χ1v) is 10.6. The topological polar surface area (TPSA) is 97.2 Å². The molecule has 3 heterocycles. The molecule has 0 bridgehead atoms. The third-order valence-corrected chi connectivity index (χ3v) is 6.09. The number of fused-ring (bicyclic) bond motifs is 1.